The van der Waals surface area contributed by atoms with Gasteiger partial charge in [-0.1, -0.05) is 13.8 Å². The molecule has 1 unspecified atom stereocenters. The van der Waals surface area contributed by atoms with Crippen LogP contribution in [0.1, 0.15) is 25.8 Å². The molecule has 0 bridgehead atoms. The molecule has 0 aliphatic heterocycles. The Morgan fingerprint density at radius 2 is 2.19 bits per heavy atom. The van der Waals surface area contributed by atoms with Crippen LogP contribution in [0.25, 0.3) is 10.6 Å². The molecule has 0 aliphatic rings. The fourth-order valence-electron chi connectivity index (χ4n) is 1.29. The molecule has 0 fully saturated rings. The van der Waals surface area contributed by atoms with Gasteiger partial charge in [0.2, 0.25) is 5.89 Å². The second kappa shape index (κ2) is 4.69. The van der Waals surface area contributed by atoms with Crippen LogP contribution in [-0.2, 0) is 0 Å². The Morgan fingerprint density at radius 1 is 1.44 bits per heavy atom. The van der Waals surface area contributed by atoms with Crippen molar-refractivity contribution in [2.45, 2.75) is 19.9 Å². The molecular weight excluding hydrogens is 288 g/mol. The number of aromatic nitrogens is 1. The van der Waals surface area contributed by atoms with Crippen molar-refractivity contribution in [1.29, 1.82) is 0 Å². The van der Waals surface area contributed by atoms with Gasteiger partial charge in [-0.05, 0) is 34.0 Å². The van der Waals surface area contributed by atoms with Gasteiger partial charge in [0, 0.05) is 0 Å². The van der Waals surface area contributed by atoms with E-state index in [1.807, 2.05) is 12.1 Å². The molecule has 2 N–H and O–H groups in total. The molecule has 0 aromatic carbocycles. The maximum absolute atomic E-state index is 5.97. The van der Waals surface area contributed by atoms with Gasteiger partial charge < -0.3 is 10.2 Å². The summed E-state index contributed by atoms with van der Waals surface area (Å²) < 4.78 is 6.74. The molecule has 0 aliphatic carbocycles. The minimum absolute atomic E-state index is 0.142. The molecule has 0 amide bonds. The van der Waals surface area contributed by atoms with Crippen LogP contribution in [0.5, 0.6) is 0 Å². The smallest absolute Gasteiger partial charge is 0.212 e. The van der Waals surface area contributed by atoms with Gasteiger partial charge in [-0.2, -0.15) is 0 Å². The lowest BCUT2D eigenvalue weighted by Gasteiger charge is -2.10. The van der Waals surface area contributed by atoms with Crippen LogP contribution in [0.3, 0.4) is 0 Å². The van der Waals surface area contributed by atoms with E-state index in [2.05, 4.69) is 34.8 Å². The first-order valence-corrected chi connectivity index (χ1v) is 6.66. The average Bonchev–Trinajstić information content (AvgIpc) is 2.84. The molecule has 0 saturated heterocycles. The topological polar surface area (TPSA) is 52.0 Å². The van der Waals surface area contributed by atoms with Crippen LogP contribution in [0.2, 0.25) is 0 Å². The van der Waals surface area contributed by atoms with Crippen molar-refractivity contribution < 1.29 is 4.42 Å². The number of nitrogens with two attached hydrogens (primary N) is 1. The first kappa shape index (κ1) is 11.8. The molecule has 1 atom stereocenters. The highest BCUT2D eigenvalue weighted by Crippen LogP contribution is 2.32. The van der Waals surface area contributed by atoms with E-state index in [0.717, 1.165) is 14.4 Å². The third-order valence-corrected chi connectivity index (χ3v) is 3.98. The van der Waals surface area contributed by atoms with Crippen LogP contribution < -0.4 is 5.73 Å². The summed E-state index contributed by atoms with van der Waals surface area (Å²) in [5.41, 5.74) is 5.97. The van der Waals surface area contributed by atoms with E-state index < -0.39 is 0 Å². The third-order valence-electron chi connectivity index (χ3n) is 2.34. The lowest BCUT2D eigenvalue weighted by atomic mass is 10.1. The van der Waals surface area contributed by atoms with Crippen molar-refractivity contribution in [3.63, 3.8) is 0 Å². The van der Waals surface area contributed by atoms with Gasteiger partial charge in [0.15, 0.2) is 5.76 Å². The Bertz CT molecular complexity index is 478. The predicted octanol–water partition coefficient (Wildman–Crippen LogP) is 3.82. The van der Waals surface area contributed by atoms with Gasteiger partial charge in [-0.25, -0.2) is 4.98 Å². The van der Waals surface area contributed by atoms with Gasteiger partial charge in [0.25, 0.3) is 0 Å². The van der Waals surface area contributed by atoms with Crippen LogP contribution >= 0.6 is 27.3 Å². The van der Waals surface area contributed by atoms with Gasteiger partial charge in [-0.3, -0.25) is 0 Å². The largest absolute Gasteiger partial charge is 0.438 e. The molecule has 2 rings (SSSR count). The Balaban J connectivity index is 2.26. The molecule has 0 radical (unpaired) electrons. The van der Waals surface area contributed by atoms with Crippen molar-refractivity contribution in [3.8, 4) is 10.6 Å². The molecule has 2 aromatic rings. The molecule has 3 nitrogen and oxygen atoms in total. The highest BCUT2D eigenvalue weighted by molar-refractivity contribution is 9.11. The fraction of sp³-hybridized carbons (Fsp3) is 0.364. The zero-order chi connectivity index (χ0) is 11.7. The summed E-state index contributed by atoms with van der Waals surface area (Å²) in [6.07, 6.45) is 1.73. The van der Waals surface area contributed by atoms with Gasteiger partial charge >= 0.3 is 0 Å². The Labute approximate surface area is 107 Å². The summed E-state index contributed by atoms with van der Waals surface area (Å²) in [6, 6.07) is 3.85. The van der Waals surface area contributed by atoms with Crippen molar-refractivity contribution in [2.75, 3.05) is 0 Å². The van der Waals surface area contributed by atoms with Crippen LogP contribution in [0.15, 0.2) is 26.5 Å². The zero-order valence-corrected chi connectivity index (χ0v) is 11.5. The molecule has 2 aromatic heterocycles. The predicted molar refractivity (Wildman–Crippen MR) is 69.3 cm³/mol. The average molecular weight is 301 g/mol. The summed E-state index contributed by atoms with van der Waals surface area (Å²) in [5.74, 6) is 1.71. The Hall–Kier alpha value is -0.650. The summed E-state index contributed by atoms with van der Waals surface area (Å²) in [7, 11) is 0. The Morgan fingerprint density at radius 3 is 2.75 bits per heavy atom. The standard InChI is InChI=1S/C11H13BrN2OS/c1-6(2)10(13)11-14-5-7(15-11)8-3-4-9(12)16-8/h3-6,10H,13H2,1-2H3. The molecular formula is C11H13BrN2OS. The molecule has 86 valence electrons. The summed E-state index contributed by atoms with van der Waals surface area (Å²) >= 11 is 5.04. The van der Waals surface area contributed by atoms with Gasteiger partial charge in [-0.15, -0.1) is 11.3 Å². The monoisotopic (exact) mass is 300 g/mol. The number of nitrogens with zero attached hydrogens (tertiary/aromatic N) is 1. The van der Waals surface area contributed by atoms with E-state index in [-0.39, 0.29) is 6.04 Å². The summed E-state index contributed by atoms with van der Waals surface area (Å²) in [5, 5.41) is 0. The van der Waals surface area contributed by atoms with E-state index in [4.69, 9.17) is 10.2 Å². The maximum atomic E-state index is 5.97. The summed E-state index contributed by atoms with van der Waals surface area (Å²) in [6.45, 7) is 4.10. The SMILES string of the molecule is CC(C)C(N)c1ncc(-c2ccc(Br)s2)o1. The highest BCUT2D eigenvalue weighted by atomic mass is 79.9. The lowest BCUT2D eigenvalue weighted by Crippen LogP contribution is -2.16. The van der Waals surface area contributed by atoms with Crippen molar-refractivity contribution >= 4 is 27.3 Å². The number of hydrogen-bond acceptors (Lipinski definition) is 4. The highest BCUT2D eigenvalue weighted by Gasteiger charge is 2.17. The number of oxazole rings is 1. The number of hydrogen-bond donors (Lipinski definition) is 1. The summed E-state index contributed by atoms with van der Waals surface area (Å²) in [4.78, 5) is 5.28. The molecule has 0 saturated carbocycles. The van der Waals surface area contributed by atoms with E-state index in [1.165, 1.54) is 0 Å². The first-order valence-electron chi connectivity index (χ1n) is 5.05. The molecule has 0 spiro atoms. The lowest BCUT2D eigenvalue weighted by molar-refractivity contribution is 0.394. The molecule has 5 heteroatoms. The normalized spacial score (nSPS) is 13.3. The maximum Gasteiger partial charge on any atom is 0.212 e. The number of thiophene rings is 1. The third kappa shape index (κ3) is 2.36. The van der Waals surface area contributed by atoms with Gasteiger partial charge in [0.1, 0.15) is 0 Å². The van der Waals surface area contributed by atoms with E-state index in [1.54, 1.807) is 17.5 Å². The van der Waals surface area contributed by atoms with Crippen LogP contribution in [0, 0.1) is 5.92 Å². The Kier molecular flexibility index (Phi) is 3.47. The van der Waals surface area contributed by atoms with Crippen LogP contribution in [0.4, 0.5) is 0 Å². The molecule has 16 heavy (non-hydrogen) atoms. The van der Waals surface area contributed by atoms with E-state index in [0.29, 0.717) is 11.8 Å². The van der Waals surface area contributed by atoms with Gasteiger partial charge in [0.05, 0.1) is 20.9 Å². The zero-order valence-electron chi connectivity index (χ0n) is 9.11. The van der Waals surface area contributed by atoms with Crippen molar-refractivity contribution in [1.82, 2.24) is 4.98 Å². The van der Waals surface area contributed by atoms with Crippen molar-refractivity contribution in [2.24, 2.45) is 11.7 Å². The molecule has 2 heterocycles. The minimum atomic E-state index is -0.142. The first-order chi connectivity index (χ1) is 7.58. The quantitative estimate of drug-likeness (QED) is 0.937. The number of halogens is 1. The fourth-order valence-corrected chi connectivity index (χ4v) is 2.62. The van der Waals surface area contributed by atoms with Crippen molar-refractivity contribution in [3.05, 3.63) is 28.0 Å². The minimum Gasteiger partial charge on any atom is -0.438 e. The number of rotatable bonds is 3. The van der Waals surface area contributed by atoms with Crippen LogP contribution in [-0.4, -0.2) is 4.98 Å². The van der Waals surface area contributed by atoms with E-state index in [9.17, 15) is 0 Å². The van der Waals surface area contributed by atoms with E-state index >= 15 is 0 Å². The second-order valence-electron chi connectivity index (χ2n) is 3.94. The second-order valence-corrected chi connectivity index (χ2v) is 6.40.